The number of nitrogens with one attached hydrogen (secondary N) is 2. The maximum atomic E-state index is 11.9. The van der Waals surface area contributed by atoms with Gasteiger partial charge < -0.3 is 10.2 Å². The van der Waals surface area contributed by atoms with Crippen LogP contribution < -0.4 is 11.1 Å². The van der Waals surface area contributed by atoms with Crippen molar-refractivity contribution in [3.63, 3.8) is 0 Å². The minimum absolute atomic E-state index is 0.0642. The Bertz CT molecular complexity index is 1150. The molecule has 4 aromatic rings. The van der Waals surface area contributed by atoms with Crippen molar-refractivity contribution >= 4 is 11.6 Å². The van der Waals surface area contributed by atoms with Gasteiger partial charge in [-0.1, -0.05) is 0 Å². The van der Waals surface area contributed by atoms with Gasteiger partial charge in [-0.25, -0.2) is 9.97 Å². The summed E-state index contributed by atoms with van der Waals surface area (Å²) in [6, 6.07) is 2.61. The third-order valence-electron chi connectivity index (χ3n) is 3.81. The molecule has 0 bridgehead atoms. The Balaban J connectivity index is 1.75. The van der Waals surface area contributed by atoms with Crippen molar-refractivity contribution in [2.24, 2.45) is 0 Å². The van der Waals surface area contributed by atoms with Crippen molar-refractivity contribution < 1.29 is 10.2 Å². The second kappa shape index (κ2) is 5.57. The predicted molar refractivity (Wildman–Crippen MR) is 86.6 cm³/mol. The Morgan fingerprint density at radius 3 is 1.58 bits per heavy atom. The summed E-state index contributed by atoms with van der Waals surface area (Å²) in [5.74, 6) is -0.0296. The van der Waals surface area contributed by atoms with Crippen LogP contribution in [0.1, 0.15) is 35.2 Å². The van der Waals surface area contributed by atoms with Crippen molar-refractivity contribution in [1.29, 1.82) is 0 Å². The van der Waals surface area contributed by atoms with Crippen LogP contribution >= 0.6 is 0 Å². The highest BCUT2D eigenvalue weighted by Gasteiger charge is 2.27. The minimum Gasteiger partial charge on any atom is -0.382 e. The fraction of sp³-hybridized carbons (Fsp3) is 0.286. The van der Waals surface area contributed by atoms with E-state index in [1.165, 1.54) is 12.1 Å². The smallest absolute Gasteiger partial charge is 0.274 e. The fourth-order valence-electron chi connectivity index (χ4n) is 2.58. The van der Waals surface area contributed by atoms with Gasteiger partial charge in [-0.15, -0.1) is 0 Å². The number of rotatable bonds is 3. The van der Waals surface area contributed by atoms with Gasteiger partial charge in [-0.05, 0) is 13.8 Å². The Hall–Kier alpha value is -3.38. The summed E-state index contributed by atoms with van der Waals surface area (Å²) in [5.41, 5.74) is 0.146. The second-order valence-corrected chi connectivity index (χ2v) is 5.85. The van der Waals surface area contributed by atoms with Crippen molar-refractivity contribution in [2.75, 3.05) is 0 Å². The van der Waals surface area contributed by atoms with Crippen LogP contribution in [-0.4, -0.2) is 49.4 Å². The van der Waals surface area contributed by atoms with Crippen molar-refractivity contribution in [1.82, 2.24) is 39.2 Å². The third kappa shape index (κ3) is 2.48. The third-order valence-corrected chi connectivity index (χ3v) is 3.81. The van der Waals surface area contributed by atoms with Crippen molar-refractivity contribution in [2.45, 2.75) is 26.1 Å². The van der Waals surface area contributed by atoms with E-state index in [0.29, 0.717) is 11.4 Å². The SMILES string of the molecule is Cc1cc(=O)n2[nH]c(C(O)C(O)c3nc4nc(C)cc(=O)n4[nH]3)nc2n1. The standard InChI is InChI=1S/C14H14N8O4/c1-5-3-7(23)21-13(15-5)17-11(19-21)9(25)10(26)12-18-14-16-6(2)4-8(24)22(14)20-12/h3-4,9-10,25-26H,1-2H3,(H,15,17,19)(H,16,18,20). The Labute approximate surface area is 143 Å². The van der Waals surface area contributed by atoms with Crippen LogP contribution in [0, 0.1) is 13.8 Å². The van der Waals surface area contributed by atoms with Gasteiger partial charge in [0, 0.05) is 23.5 Å². The van der Waals surface area contributed by atoms with Crippen LogP contribution in [0.5, 0.6) is 0 Å². The van der Waals surface area contributed by atoms with Gasteiger partial charge in [0.1, 0.15) is 12.2 Å². The number of fused-ring (bicyclic) bond motifs is 2. The highest BCUT2D eigenvalue weighted by atomic mass is 16.3. The summed E-state index contributed by atoms with van der Waals surface area (Å²) in [5, 5.41) is 26.0. The highest BCUT2D eigenvalue weighted by Crippen LogP contribution is 2.24. The van der Waals surface area contributed by atoms with E-state index in [1.54, 1.807) is 13.8 Å². The maximum absolute atomic E-state index is 11.9. The normalized spacial score (nSPS) is 14.2. The molecule has 4 aromatic heterocycles. The monoisotopic (exact) mass is 358 g/mol. The molecule has 0 aromatic carbocycles. The molecule has 0 fully saturated rings. The Morgan fingerprint density at radius 2 is 1.19 bits per heavy atom. The van der Waals surface area contributed by atoms with E-state index in [0.717, 1.165) is 9.03 Å². The molecule has 0 spiro atoms. The lowest BCUT2D eigenvalue weighted by atomic mass is 10.2. The summed E-state index contributed by atoms with van der Waals surface area (Å²) in [7, 11) is 0. The molecule has 4 rings (SSSR count). The van der Waals surface area contributed by atoms with Crippen LogP contribution in [0.15, 0.2) is 21.7 Å². The summed E-state index contributed by atoms with van der Waals surface area (Å²) in [6.45, 7) is 3.28. The molecule has 0 amide bonds. The van der Waals surface area contributed by atoms with Gasteiger partial charge in [0.25, 0.3) is 22.7 Å². The molecule has 4 N–H and O–H groups in total. The van der Waals surface area contributed by atoms with Crippen LogP contribution in [0.4, 0.5) is 0 Å². The number of aryl methyl sites for hydroxylation is 2. The molecule has 0 radical (unpaired) electrons. The number of aromatic nitrogens is 8. The molecule has 4 heterocycles. The van der Waals surface area contributed by atoms with Gasteiger partial charge in [0.05, 0.1) is 0 Å². The largest absolute Gasteiger partial charge is 0.382 e. The maximum Gasteiger partial charge on any atom is 0.274 e. The van der Waals surface area contributed by atoms with Crippen LogP contribution in [-0.2, 0) is 0 Å². The topological polar surface area (TPSA) is 167 Å². The molecule has 2 unspecified atom stereocenters. The number of hydrogen-bond donors (Lipinski definition) is 4. The van der Waals surface area contributed by atoms with Gasteiger partial charge in [-0.3, -0.25) is 19.8 Å². The molecule has 0 saturated carbocycles. The van der Waals surface area contributed by atoms with Gasteiger partial charge >= 0.3 is 0 Å². The first kappa shape index (κ1) is 16.1. The second-order valence-electron chi connectivity index (χ2n) is 5.85. The summed E-state index contributed by atoms with van der Waals surface area (Å²) in [6.07, 6.45) is -3.09. The molecular formula is C14H14N8O4. The number of hydrogen-bond acceptors (Lipinski definition) is 8. The lowest BCUT2D eigenvalue weighted by Gasteiger charge is -2.12. The number of H-pyrrole nitrogens is 2. The molecule has 12 nitrogen and oxygen atoms in total. The summed E-state index contributed by atoms with van der Waals surface area (Å²) in [4.78, 5) is 40.0. The van der Waals surface area contributed by atoms with E-state index in [9.17, 15) is 19.8 Å². The van der Waals surface area contributed by atoms with Crippen LogP contribution in [0.3, 0.4) is 0 Å². The quantitative estimate of drug-likeness (QED) is 0.344. The lowest BCUT2D eigenvalue weighted by Crippen LogP contribution is -2.17. The minimum atomic E-state index is -1.55. The zero-order chi connectivity index (χ0) is 18.6. The first-order valence-corrected chi connectivity index (χ1v) is 7.62. The van der Waals surface area contributed by atoms with E-state index < -0.39 is 23.3 Å². The summed E-state index contributed by atoms with van der Waals surface area (Å²) >= 11 is 0. The van der Waals surface area contributed by atoms with E-state index in [2.05, 4.69) is 30.1 Å². The summed E-state index contributed by atoms with van der Waals surface area (Å²) < 4.78 is 2.10. The molecular weight excluding hydrogens is 344 g/mol. The Kier molecular flexibility index (Phi) is 3.45. The first-order valence-electron chi connectivity index (χ1n) is 7.62. The molecule has 0 aliphatic rings. The predicted octanol–water partition coefficient (Wildman–Crippen LogP) is -1.47. The van der Waals surface area contributed by atoms with E-state index in [4.69, 9.17) is 0 Å². The molecule has 26 heavy (non-hydrogen) atoms. The molecule has 12 heteroatoms. The highest BCUT2D eigenvalue weighted by molar-refractivity contribution is 5.30. The van der Waals surface area contributed by atoms with E-state index >= 15 is 0 Å². The molecule has 134 valence electrons. The average molecular weight is 358 g/mol. The van der Waals surface area contributed by atoms with Crippen molar-refractivity contribution in [3.8, 4) is 0 Å². The zero-order valence-electron chi connectivity index (χ0n) is 13.7. The number of nitrogens with zero attached hydrogens (tertiary/aromatic N) is 6. The lowest BCUT2D eigenvalue weighted by molar-refractivity contribution is 0.00672. The molecule has 0 aliphatic heterocycles. The molecule has 2 atom stereocenters. The number of aliphatic hydroxyl groups is 2. The molecule has 0 aliphatic carbocycles. The van der Waals surface area contributed by atoms with E-state index in [-0.39, 0.29) is 23.2 Å². The fourth-order valence-corrected chi connectivity index (χ4v) is 2.58. The van der Waals surface area contributed by atoms with E-state index in [1.807, 2.05) is 0 Å². The zero-order valence-corrected chi connectivity index (χ0v) is 13.7. The first-order chi connectivity index (χ1) is 12.3. The average Bonchev–Trinajstić information content (AvgIpc) is 3.17. The molecule has 0 saturated heterocycles. The van der Waals surface area contributed by atoms with Crippen LogP contribution in [0.25, 0.3) is 11.6 Å². The Morgan fingerprint density at radius 1 is 0.808 bits per heavy atom. The van der Waals surface area contributed by atoms with Gasteiger partial charge in [0.15, 0.2) is 11.6 Å². The van der Waals surface area contributed by atoms with Gasteiger partial charge in [0.2, 0.25) is 0 Å². The number of aliphatic hydroxyl groups excluding tert-OH is 2. The van der Waals surface area contributed by atoms with Crippen molar-refractivity contribution in [3.05, 3.63) is 55.9 Å². The van der Waals surface area contributed by atoms with Gasteiger partial charge in [-0.2, -0.15) is 19.0 Å². The number of aromatic amines is 2. The van der Waals surface area contributed by atoms with Crippen LogP contribution in [0.2, 0.25) is 0 Å².